The zero-order valence-corrected chi connectivity index (χ0v) is 13.1. The van der Waals surface area contributed by atoms with Crippen LogP contribution in [0.15, 0.2) is 0 Å². The Morgan fingerprint density at radius 2 is 1.73 bits per heavy atom. The van der Waals surface area contributed by atoms with E-state index < -0.39 is 35.6 Å². The van der Waals surface area contributed by atoms with Gasteiger partial charge in [-0.2, -0.15) is 0 Å². The van der Waals surface area contributed by atoms with Crippen LogP contribution in [0.3, 0.4) is 0 Å². The number of imide groups is 1. The SMILES string of the molecule is CC(CNC(=O)ON1C(=O)CCC1=O)NC(=O)OC(C)(C)C. The number of amides is 4. The van der Waals surface area contributed by atoms with E-state index >= 15 is 0 Å². The maximum absolute atomic E-state index is 11.5. The van der Waals surface area contributed by atoms with Crippen molar-refractivity contribution in [1.82, 2.24) is 15.7 Å². The Morgan fingerprint density at radius 1 is 1.18 bits per heavy atom. The number of ether oxygens (including phenoxy) is 1. The van der Waals surface area contributed by atoms with Crippen molar-refractivity contribution in [2.75, 3.05) is 6.54 Å². The van der Waals surface area contributed by atoms with Gasteiger partial charge in [-0.3, -0.25) is 9.59 Å². The molecule has 0 aromatic rings. The van der Waals surface area contributed by atoms with Gasteiger partial charge in [0.1, 0.15) is 5.60 Å². The number of nitrogens with one attached hydrogen (secondary N) is 2. The zero-order chi connectivity index (χ0) is 16.9. The summed E-state index contributed by atoms with van der Waals surface area (Å²) in [7, 11) is 0. The van der Waals surface area contributed by atoms with Crippen molar-refractivity contribution in [1.29, 1.82) is 0 Å². The summed E-state index contributed by atoms with van der Waals surface area (Å²) in [5, 5.41) is 5.31. The van der Waals surface area contributed by atoms with Gasteiger partial charge in [-0.15, -0.1) is 5.06 Å². The molecule has 0 aromatic carbocycles. The summed E-state index contributed by atoms with van der Waals surface area (Å²) in [5.74, 6) is -1.11. The molecule has 1 fully saturated rings. The number of rotatable bonds is 4. The second kappa shape index (κ2) is 7.10. The molecule has 0 radical (unpaired) electrons. The van der Waals surface area contributed by atoms with Crippen LogP contribution in [0.1, 0.15) is 40.5 Å². The van der Waals surface area contributed by atoms with E-state index in [1.54, 1.807) is 27.7 Å². The standard InChI is InChI=1S/C13H21N3O6/c1-8(15-12(20)21-13(2,3)4)7-14-11(19)22-16-9(17)5-6-10(16)18/h8H,5-7H2,1-4H3,(H,14,19)(H,15,20). The summed E-state index contributed by atoms with van der Waals surface area (Å²) < 4.78 is 5.06. The minimum Gasteiger partial charge on any atom is -0.444 e. The Kier molecular flexibility index (Phi) is 5.72. The van der Waals surface area contributed by atoms with Crippen molar-refractivity contribution in [3.8, 4) is 0 Å². The van der Waals surface area contributed by atoms with Gasteiger partial charge < -0.3 is 20.2 Å². The highest BCUT2D eigenvalue weighted by Gasteiger charge is 2.32. The molecule has 0 aromatic heterocycles. The fourth-order valence-corrected chi connectivity index (χ4v) is 1.57. The average molecular weight is 315 g/mol. The largest absolute Gasteiger partial charge is 0.444 e. The Bertz CT molecular complexity index is 455. The normalized spacial score (nSPS) is 16.3. The molecule has 1 heterocycles. The van der Waals surface area contributed by atoms with Crippen LogP contribution >= 0.6 is 0 Å². The van der Waals surface area contributed by atoms with Gasteiger partial charge in [-0.05, 0) is 27.7 Å². The highest BCUT2D eigenvalue weighted by molar-refractivity contribution is 6.01. The van der Waals surface area contributed by atoms with Crippen molar-refractivity contribution >= 4 is 24.0 Å². The molecule has 9 nitrogen and oxygen atoms in total. The van der Waals surface area contributed by atoms with Gasteiger partial charge in [0.2, 0.25) is 0 Å². The summed E-state index contributed by atoms with van der Waals surface area (Å²) in [6, 6.07) is -0.424. The first-order valence-corrected chi connectivity index (χ1v) is 6.89. The predicted molar refractivity (Wildman–Crippen MR) is 74.4 cm³/mol. The van der Waals surface area contributed by atoms with Crippen LogP contribution in [0.25, 0.3) is 0 Å². The Hall–Kier alpha value is -2.32. The molecule has 1 aliphatic heterocycles. The van der Waals surface area contributed by atoms with Crippen LogP contribution in [0.5, 0.6) is 0 Å². The van der Waals surface area contributed by atoms with E-state index in [1.165, 1.54) is 0 Å². The van der Waals surface area contributed by atoms with E-state index in [1.807, 2.05) is 0 Å². The van der Waals surface area contributed by atoms with Crippen LogP contribution in [-0.4, -0.2) is 47.3 Å². The van der Waals surface area contributed by atoms with E-state index in [9.17, 15) is 19.2 Å². The van der Waals surface area contributed by atoms with Gasteiger partial charge in [0.05, 0.1) is 0 Å². The van der Waals surface area contributed by atoms with Crippen LogP contribution in [-0.2, 0) is 19.2 Å². The highest BCUT2D eigenvalue weighted by Crippen LogP contribution is 2.11. The van der Waals surface area contributed by atoms with Crippen LogP contribution in [0, 0.1) is 0 Å². The fraction of sp³-hybridized carbons (Fsp3) is 0.692. The molecular formula is C13H21N3O6. The first-order valence-electron chi connectivity index (χ1n) is 6.89. The third-order valence-corrected chi connectivity index (χ3v) is 2.50. The van der Waals surface area contributed by atoms with Crippen molar-refractivity contribution < 1.29 is 28.8 Å². The Balaban J connectivity index is 2.30. The number of carbonyl (C=O) groups excluding carboxylic acids is 4. The highest BCUT2D eigenvalue weighted by atomic mass is 16.7. The minimum absolute atomic E-state index is 0.0305. The summed E-state index contributed by atoms with van der Waals surface area (Å²) in [6.07, 6.45) is -1.49. The first-order chi connectivity index (χ1) is 10.1. The van der Waals surface area contributed by atoms with Crippen molar-refractivity contribution in [2.45, 2.75) is 52.2 Å². The number of hydrogen-bond acceptors (Lipinski definition) is 6. The van der Waals surface area contributed by atoms with E-state index in [4.69, 9.17) is 4.74 Å². The fourth-order valence-electron chi connectivity index (χ4n) is 1.57. The quantitative estimate of drug-likeness (QED) is 0.738. The molecule has 1 saturated heterocycles. The lowest BCUT2D eigenvalue weighted by Gasteiger charge is -2.22. The number of alkyl carbamates (subject to hydrolysis) is 1. The lowest BCUT2D eigenvalue weighted by atomic mass is 10.2. The number of hydrogen-bond donors (Lipinski definition) is 2. The van der Waals surface area contributed by atoms with Gasteiger partial charge in [0, 0.05) is 25.4 Å². The topological polar surface area (TPSA) is 114 Å². The molecule has 1 rings (SSSR count). The molecular weight excluding hydrogens is 294 g/mol. The van der Waals surface area contributed by atoms with Crippen molar-refractivity contribution in [3.63, 3.8) is 0 Å². The molecule has 0 aliphatic carbocycles. The zero-order valence-electron chi connectivity index (χ0n) is 13.1. The van der Waals surface area contributed by atoms with E-state index in [2.05, 4.69) is 15.5 Å². The molecule has 1 aliphatic rings. The van der Waals surface area contributed by atoms with Gasteiger partial charge in [-0.25, -0.2) is 9.59 Å². The molecule has 9 heteroatoms. The maximum Gasteiger partial charge on any atom is 0.432 e. The Morgan fingerprint density at radius 3 is 2.23 bits per heavy atom. The second-order valence-electron chi connectivity index (χ2n) is 5.89. The van der Waals surface area contributed by atoms with Crippen LogP contribution in [0.4, 0.5) is 9.59 Å². The monoisotopic (exact) mass is 315 g/mol. The van der Waals surface area contributed by atoms with Gasteiger partial charge in [-0.1, -0.05) is 0 Å². The van der Waals surface area contributed by atoms with Crippen LogP contribution < -0.4 is 10.6 Å². The summed E-state index contributed by atoms with van der Waals surface area (Å²) >= 11 is 0. The predicted octanol–water partition coefficient (Wildman–Crippen LogP) is 0.690. The molecule has 0 spiro atoms. The van der Waals surface area contributed by atoms with E-state index in [0.29, 0.717) is 5.06 Å². The van der Waals surface area contributed by atoms with Crippen LogP contribution in [0.2, 0.25) is 0 Å². The average Bonchev–Trinajstić information content (AvgIpc) is 2.65. The molecule has 2 N–H and O–H groups in total. The molecule has 1 atom stereocenters. The molecule has 0 saturated carbocycles. The Labute approximate surface area is 128 Å². The lowest BCUT2D eigenvalue weighted by molar-refractivity contribution is -0.171. The van der Waals surface area contributed by atoms with Crippen molar-refractivity contribution in [2.24, 2.45) is 0 Å². The van der Waals surface area contributed by atoms with Gasteiger partial charge in [0.25, 0.3) is 11.8 Å². The van der Waals surface area contributed by atoms with Crippen molar-refractivity contribution in [3.05, 3.63) is 0 Å². The minimum atomic E-state index is -0.943. The molecule has 0 bridgehead atoms. The van der Waals surface area contributed by atoms with E-state index in [-0.39, 0.29) is 19.4 Å². The number of carbonyl (C=O) groups is 4. The lowest BCUT2D eigenvalue weighted by Crippen LogP contribution is -2.45. The summed E-state index contributed by atoms with van der Waals surface area (Å²) in [5.41, 5.74) is -0.618. The second-order valence-corrected chi connectivity index (χ2v) is 5.89. The van der Waals surface area contributed by atoms with E-state index in [0.717, 1.165) is 0 Å². The van der Waals surface area contributed by atoms with Gasteiger partial charge >= 0.3 is 12.2 Å². The molecule has 1 unspecified atom stereocenters. The third kappa shape index (κ3) is 5.98. The molecule has 22 heavy (non-hydrogen) atoms. The molecule has 124 valence electrons. The summed E-state index contributed by atoms with van der Waals surface area (Å²) in [4.78, 5) is 50.1. The summed E-state index contributed by atoms with van der Waals surface area (Å²) in [6.45, 7) is 6.90. The third-order valence-electron chi connectivity index (χ3n) is 2.50. The number of hydroxylamine groups is 2. The first kappa shape index (κ1) is 17.7. The molecule has 4 amide bonds. The number of nitrogens with zero attached hydrogens (tertiary/aromatic N) is 1. The maximum atomic E-state index is 11.5. The van der Waals surface area contributed by atoms with Gasteiger partial charge in [0.15, 0.2) is 0 Å². The smallest absolute Gasteiger partial charge is 0.432 e.